The maximum atomic E-state index is 12.2. The fraction of sp³-hybridized carbons (Fsp3) is 0.923. The highest BCUT2D eigenvalue weighted by atomic mass is 16.1. The summed E-state index contributed by atoms with van der Waals surface area (Å²) in [6, 6.07) is 0. The number of carbonyl (C=O) groups is 1. The van der Waals surface area contributed by atoms with Crippen LogP contribution in [0.4, 0.5) is 0 Å². The molecule has 0 radical (unpaired) electrons. The molecule has 0 heterocycles. The van der Waals surface area contributed by atoms with Gasteiger partial charge in [0.25, 0.3) is 0 Å². The first-order valence-corrected chi connectivity index (χ1v) is 6.25. The van der Waals surface area contributed by atoms with Crippen LogP contribution in [0, 0.1) is 17.3 Å². The number of rotatable bonds is 4. The van der Waals surface area contributed by atoms with Crippen LogP contribution in [-0.4, -0.2) is 12.3 Å². The Labute approximate surface area is 93.6 Å². The molecule has 2 N–H and O–H groups in total. The summed E-state index contributed by atoms with van der Waals surface area (Å²) in [7, 11) is 0. The van der Waals surface area contributed by atoms with Gasteiger partial charge in [0, 0.05) is 17.9 Å². The molecule has 0 saturated heterocycles. The van der Waals surface area contributed by atoms with Crippen LogP contribution >= 0.6 is 0 Å². The van der Waals surface area contributed by atoms with Crippen LogP contribution in [0.1, 0.15) is 52.9 Å². The highest BCUT2D eigenvalue weighted by Crippen LogP contribution is 2.35. The van der Waals surface area contributed by atoms with E-state index in [1.807, 2.05) is 13.8 Å². The van der Waals surface area contributed by atoms with Crippen molar-refractivity contribution in [3.05, 3.63) is 0 Å². The van der Waals surface area contributed by atoms with Gasteiger partial charge in [0.2, 0.25) is 0 Å². The molecule has 2 nitrogen and oxygen atoms in total. The Morgan fingerprint density at radius 1 is 1.40 bits per heavy atom. The maximum absolute atomic E-state index is 12.2. The molecular weight excluding hydrogens is 186 g/mol. The first-order chi connectivity index (χ1) is 7.01. The highest BCUT2D eigenvalue weighted by Gasteiger charge is 2.34. The Bertz CT molecular complexity index is 223. The minimum atomic E-state index is -0.319. The lowest BCUT2D eigenvalue weighted by molar-refractivity contribution is -0.132. The van der Waals surface area contributed by atoms with Gasteiger partial charge in [-0.25, -0.2) is 0 Å². The zero-order chi connectivity index (χ0) is 11.5. The predicted octanol–water partition coefficient (Wildman–Crippen LogP) is 2.76. The van der Waals surface area contributed by atoms with Gasteiger partial charge in [0.15, 0.2) is 0 Å². The average molecular weight is 211 g/mol. The molecule has 0 amide bonds. The third kappa shape index (κ3) is 3.04. The number of carbonyl (C=O) groups excluding carboxylic acids is 1. The molecule has 0 spiro atoms. The Kier molecular flexibility index (Phi) is 4.32. The molecule has 1 aliphatic carbocycles. The second-order valence-electron chi connectivity index (χ2n) is 5.59. The summed E-state index contributed by atoms with van der Waals surface area (Å²) in [4.78, 5) is 12.2. The molecule has 1 rings (SSSR count). The summed E-state index contributed by atoms with van der Waals surface area (Å²) >= 11 is 0. The van der Waals surface area contributed by atoms with Crippen molar-refractivity contribution in [2.75, 3.05) is 6.54 Å². The average Bonchev–Trinajstić information content (AvgIpc) is 2.28. The van der Waals surface area contributed by atoms with Gasteiger partial charge in [0.05, 0.1) is 0 Å². The van der Waals surface area contributed by atoms with E-state index < -0.39 is 0 Å². The van der Waals surface area contributed by atoms with Crippen molar-refractivity contribution in [1.29, 1.82) is 0 Å². The summed E-state index contributed by atoms with van der Waals surface area (Å²) in [5.41, 5.74) is 5.34. The second kappa shape index (κ2) is 5.11. The van der Waals surface area contributed by atoms with E-state index in [-0.39, 0.29) is 11.3 Å². The Morgan fingerprint density at radius 2 is 2.07 bits per heavy atom. The number of nitrogens with two attached hydrogens (primary N) is 1. The molecule has 0 bridgehead atoms. The van der Waals surface area contributed by atoms with E-state index in [1.165, 1.54) is 19.3 Å². The topological polar surface area (TPSA) is 43.1 Å². The molecule has 2 atom stereocenters. The molecule has 1 fully saturated rings. The van der Waals surface area contributed by atoms with Gasteiger partial charge >= 0.3 is 0 Å². The predicted molar refractivity (Wildman–Crippen MR) is 63.6 cm³/mol. The van der Waals surface area contributed by atoms with Crippen molar-refractivity contribution >= 4 is 5.78 Å². The molecule has 0 aromatic carbocycles. The van der Waals surface area contributed by atoms with Gasteiger partial charge < -0.3 is 5.73 Å². The van der Waals surface area contributed by atoms with Gasteiger partial charge in [0.1, 0.15) is 5.78 Å². The number of hydrogen-bond donors (Lipinski definition) is 1. The third-order valence-electron chi connectivity index (χ3n) is 3.91. The van der Waals surface area contributed by atoms with Gasteiger partial charge in [-0.2, -0.15) is 0 Å². The van der Waals surface area contributed by atoms with Crippen molar-refractivity contribution in [3.8, 4) is 0 Å². The third-order valence-corrected chi connectivity index (χ3v) is 3.91. The van der Waals surface area contributed by atoms with Crippen LogP contribution in [0.15, 0.2) is 0 Å². The van der Waals surface area contributed by atoms with E-state index in [1.54, 1.807) is 0 Å². The van der Waals surface area contributed by atoms with Crippen LogP contribution in [-0.2, 0) is 4.79 Å². The molecule has 1 saturated carbocycles. The zero-order valence-corrected chi connectivity index (χ0v) is 10.4. The van der Waals surface area contributed by atoms with Crippen LogP contribution in [0.3, 0.4) is 0 Å². The summed E-state index contributed by atoms with van der Waals surface area (Å²) in [6.45, 7) is 6.65. The highest BCUT2D eigenvalue weighted by molar-refractivity contribution is 5.86. The first kappa shape index (κ1) is 12.7. The summed E-state index contributed by atoms with van der Waals surface area (Å²) in [5, 5.41) is 0. The largest absolute Gasteiger partial charge is 0.329 e. The van der Waals surface area contributed by atoms with Crippen molar-refractivity contribution in [2.45, 2.75) is 52.9 Å². The zero-order valence-electron chi connectivity index (χ0n) is 10.4. The molecule has 2 heteroatoms. The summed E-state index contributed by atoms with van der Waals surface area (Å²) < 4.78 is 0. The number of hydrogen-bond acceptors (Lipinski definition) is 2. The molecule has 1 aliphatic rings. The van der Waals surface area contributed by atoms with E-state index >= 15 is 0 Å². The van der Waals surface area contributed by atoms with E-state index in [4.69, 9.17) is 5.73 Å². The van der Waals surface area contributed by atoms with Crippen molar-refractivity contribution in [1.82, 2.24) is 0 Å². The fourth-order valence-electron chi connectivity index (χ4n) is 2.55. The smallest absolute Gasteiger partial charge is 0.142 e. The van der Waals surface area contributed by atoms with E-state index in [2.05, 4.69) is 6.92 Å². The van der Waals surface area contributed by atoms with Crippen LogP contribution in [0.5, 0.6) is 0 Å². The summed E-state index contributed by atoms with van der Waals surface area (Å²) in [5.74, 6) is 1.44. The van der Waals surface area contributed by atoms with Crippen LogP contribution in [0.25, 0.3) is 0 Å². The lowest BCUT2D eigenvalue weighted by atomic mass is 9.72. The lowest BCUT2D eigenvalue weighted by Gasteiger charge is -2.32. The molecule has 88 valence electrons. The minimum Gasteiger partial charge on any atom is -0.329 e. The monoisotopic (exact) mass is 211 g/mol. The second-order valence-corrected chi connectivity index (χ2v) is 5.59. The fourth-order valence-corrected chi connectivity index (χ4v) is 2.55. The Hall–Kier alpha value is -0.370. The normalized spacial score (nSPS) is 27.7. The number of Topliss-reactive ketones (excluding diaryl/α,β-unsaturated/α-hetero) is 1. The van der Waals surface area contributed by atoms with Crippen LogP contribution in [0.2, 0.25) is 0 Å². The maximum Gasteiger partial charge on any atom is 0.142 e. The van der Waals surface area contributed by atoms with E-state index in [0.29, 0.717) is 12.3 Å². The standard InChI is InChI=1S/C13H25NO/c1-4-10-6-5-7-11(8-10)12(15)13(2,3)9-14/h10-11H,4-9,14H2,1-3H3. The van der Waals surface area contributed by atoms with Gasteiger partial charge in [-0.3, -0.25) is 4.79 Å². The summed E-state index contributed by atoms with van der Waals surface area (Å²) in [6.07, 6.45) is 5.92. The van der Waals surface area contributed by atoms with Crippen molar-refractivity contribution < 1.29 is 4.79 Å². The molecule has 0 aromatic rings. The molecular formula is C13H25NO. The quantitative estimate of drug-likeness (QED) is 0.777. The minimum absolute atomic E-state index is 0.280. The lowest BCUT2D eigenvalue weighted by Crippen LogP contribution is -2.38. The molecule has 0 aliphatic heterocycles. The van der Waals surface area contributed by atoms with Gasteiger partial charge in [-0.1, -0.05) is 40.0 Å². The Balaban J connectivity index is 2.60. The molecule has 15 heavy (non-hydrogen) atoms. The van der Waals surface area contributed by atoms with E-state index in [9.17, 15) is 4.79 Å². The van der Waals surface area contributed by atoms with Gasteiger partial charge in [-0.15, -0.1) is 0 Å². The first-order valence-electron chi connectivity index (χ1n) is 6.25. The van der Waals surface area contributed by atoms with E-state index in [0.717, 1.165) is 18.8 Å². The SMILES string of the molecule is CCC1CCCC(C(=O)C(C)(C)CN)C1. The van der Waals surface area contributed by atoms with Crippen molar-refractivity contribution in [3.63, 3.8) is 0 Å². The molecule has 2 unspecified atom stereocenters. The molecule has 0 aromatic heterocycles. The van der Waals surface area contributed by atoms with Crippen molar-refractivity contribution in [2.24, 2.45) is 23.0 Å². The Morgan fingerprint density at radius 3 is 2.60 bits per heavy atom. The number of ketones is 1. The van der Waals surface area contributed by atoms with Gasteiger partial charge in [-0.05, 0) is 18.8 Å². The van der Waals surface area contributed by atoms with Crippen LogP contribution < -0.4 is 5.73 Å².